The van der Waals surface area contributed by atoms with Crippen LogP contribution in [0.1, 0.15) is 49.1 Å². The smallest absolute Gasteiger partial charge is 0.0342 e. The second kappa shape index (κ2) is 5.16. The molecule has 1 rings (SSSR count). The summed E-state index contributed by atoms with van der Waals surface area (Å²) in [6.07, 6.45) is 7.46. The van der Waals surface area contributed by atoms with Crippen LogP contribution in [0.3, 0.4) is 0 Å². The van der Waals surface area contributed by atoms with Crippen LogP contribution >= 0.6 is 11.3 Å². The van der Waals surface area contributed by atoms with Crippen molar-refractivity contribution in [2.24, 2.45) is 0 Å². The molecule has 0 atom stereocenters. The summed E-state index contributed by atoms with van der Waals surface area (Å²) in [7, 11) is 0. The third kappa shape index (κ3) is 2.36. The number of hydrogen-bond donors (Lipinski definition) is 0. The zero-order valence-electron chi connectivity index (χ0n) is 9.21. The molecule has 14 heavy (non-hydrogen) atoms. The van der Waals surface area contributed by atoms with E-state index in [2.05, 4.69) is 44.9 Å². The van der Waals surface area contributed by atoms with Crippen molar-refractivity contribution in [2.45, 2.75) is 33.1 Å². The van der Waals surface area contributed by atoms with Crippen molar-refractivity contribution < 1.29 is 0 Å². The van der Waals surface area contributed by atoms with E-state index in [1.807, 2.05) is 17.4 Å². The van der Waals surface area contributed by atoms with Gasteiger partial charge in [-0.15, -0.1) is 11.3 Å². The second-order valence-corrected chi connectivity index (χ2v) is 4.55. The van der Waals surface area contributed by atoms with E-state index in [0.717, 1.165) is 6.42 Å². The van der Waals surface area contributed by atoms with Crippen LogP contribution in [0, 0.1) is 0 Å². The first kappa shape index (κ1) is 11.3. The monoisotopic (exact) mass is 206 g/mol. The molecule has 0 amide bonds. The Hall–Kier alpha value is -0.820. The van der Waals surface area contributed by atoms with E-state index in [-0.39, 0.29) is 0 Å². The highest BCUT2D eigenvalue weighted by atomic mass is 32.1. The van der Waals surface area contributed by atoms with Crippen LogP contribution in [0.5, 0.6) is 0 Å². The molecule has 0 unspecified atom stereocenters. The van der Waals surface area contributed by atoms with E-state index >= 15 is 0 Å². The van der Waals surface area contributed by atoms with Crippen molar-refractivity contribution in [3.05, 3.63) is 34.0 Å². The summed E-state index contributed by atoms with van der Waals surface area (Å²) < 4.78 is 0. The van der Waals surface area contributed by atoms with Gasteiger partial charge in [0.15, 0.2) is 0 Å². The molecule has 0 saturated carbocycles. The molecule has 0 saturated heterocycles. The van der Waals surface area contributed by atoms with Gasteiger partial charge in [-0.05, 0) is 34.9 Å². The van der Waals surface area contributed by atoms with Crippen LogP contribution in [-0.2, 0) is 0 Å². The van der Waals surface area contributed by atoms with Crippen molar-refractivity contribution in [3.63, 3.8) is 0 Å². The predicted molar refractivity (Wildman–Crippen MR) is 67.8 cm³/mol. The summed E-state index contributed by atoms with van der Waals surface area (Å²) in [5, 5.41) is 2.25. The van der Waals surface area contributed by atoms with Gasteiger partial charge >= 0.3 is 0 Å². The van der Waals surface area contributed by atoms with Crippen molar-refractivity contribution in [3.8, 4) is 0 Å². The molecule has 1 heterocycles. The SMILES string of the molecule is C=Cc1c(C(C)C)csc1/C=C\CC. The van der Waals surface area contributed by atoms with E-state index in [4.69, 9.17) is 0 Å². The standard InChI is InChI=1S/C13H18S/c1-5-7-8-13-11(6-2)12(9-14-13)10(3)4/h6-10H,2,5H2,1,3-4H3/b8-7-. The van der Waals surface area contributed by atoms with Crippen LogP contribution in [0.2, 0.25) is 0 Å². The maximum Gasteiger partial charge on any atom is 0.0342 e. The Labute approximate surface area is 91.0 Å². The molecular weight excluding hydrogens is 188 g/mol. The third-order valence-corrected chi connectivity index (χ3v) is 3.20. The van der Waals surface area contributed by atoms with Crippen molar-refractivity contribution >= 4 is 23.5 Å². The normalized spacial score (nSPS) is 11.4. The Bertz CT molecular complexity index is 329. The third-order valence-electron chi connectivity index (χ3n) is 2.22. The minimum absolute atomic E-state index is 0.586. The lowest BCUT2D eigenvalue weighted by atomic mass is 10.0. The Morgan fingerprint density at radius 2 is 2.21 bits per heavy atom. The molecule has 0 spiro atoms. The Balaban J connectivity index is 3.07. The summed E-state index contributed by atoms with van der Waals surface area (Å²) in [4.78, 5) is 1.34. The number of allylic oxidation sites excluding steroid dienone is 1. The highest BCUT2D eigenvalue weighted by molar-refractivity contribution is 7.11. The van der Waals surface area contributed by atoms with Gasteiger partial charge in [0.2, 0.25) is 0 Å². The quantitative estimate of drug-likeness (QED) is 0.654. The highest BCUT2D eigenvalue weighted by Crippen LogP contribution is 2.30. The van der Waals surface area contributed by atoms with E-state index in [0.29, 0.717) is 5.92 Å². The lowest BCUT2D eigenvalue weighted by Crippen LogP contribution is -1.87. The molecular formula is C13H18S. The van der Waals surface area contributed by atoms with Gasteiger partial charge in [0.1, 0.15) is 0 Å². The van der Waals surface area contributed by atoms with Crippen LogP contribution in [-0.4, -0.2) is 0 Å². The largest absolute Gasteiger partial charge is 0.144 e. The number of thiophene rings is 1. The molecule has 1 aromatic heterocycles. The molecule has 0 fully saturated rings. The summed E-state index contributed by atoms with van der Waals surface area (Å²) in [5.74, 6) is 0.586. The zero-order chi connectivity index (χ0) is 10.6. The fraction of sp³-hybridized carbons (Fsp3) is 0.385. The first-order chi connectivity index (χ1) is 6.70. The molecule has 1 heteroatoms. The summed E-state index contributed by atoms with van der Waals surface area (Å²) in [6.45, 7) is 10.5. The van der Waals surface area contributed by atoms with Gasteiger partial charge in [-0.2, -0.15) is 0 Å². The maximum absolute atomic E-state index is 3.89. The van der Waals surface area contributed by atoms with Gasteiger partial charge in [-0.25, -0.2) is 0 Å². The molecule has 1 aromatic rings. The minimum atomic E-state index is 0.586. The highest BCUT2D eigenvalue weighted by Gasteiger charge is 2.09. The van der Waals surface area contributed by atoms with E-state index in [9.17, 15) is 0 Å². The minimum Gasteiger partial charge on any atom is -0.144 e. The molecule has 0 aliphatic rings. The molecule has 0 aliphatic heterocycles. The van der Waals surface area contributed by atoms with Gasteiger partial charge in [-0.3, -0.25) is 0 Å². The Morgan fingerprint density at radius 1 is 1.50 bits per heavy atom. The van der Waals surface area contributed by atoms with Gasteiger partial charge in [-0.1, -0.05) is 39.5 Å². The summed E-state index contributed by atoms with van der Waals surface area (Å²) in [6, 6.07) is 0. The summed E-state index contributed by atoms with van der Waals surface area (Å²) >= 11 is 1.81. The zero-order valence-corrected chi connectivity index (χ0v) is 10.0. The fourth-order valence-electron chi connectivity index (χ4n) is 1.42. The van der Waals surface area contributed by atoms with Crippen molar-refractivity contribution in [1.82, 2.24) is 0 Å². The molecule has 0 N–H and O–H groups in total. The molecule has 0 nitrogen and oxygen atoms in total. The Kier molecular flexibility index (Phi) is 4.15. The molecule has 0 radical (unpaired) electrons. The van der Waals surface area contributed by atoms with Crippen molar-refractivity contribution in [1.29, 1.82) is 0 Å². The first-order valence-corrected chi connectivity index (χ1v) is 5.99. The predicted octanol–water partition coefficient (Wildman–Crippen LogP) is 4.94. The number of hydrogen-bond acceptors (Lipinski definition) is 1. The van der Waals surface area contributed by atoms with Crippen LogP contribution in [0.15, 0.2) is 18.0 Å². The number of rotatable bonds is 4. The molecule has 76 valence electrons. The molecule has 0 aromatic carbocycles. The average molecular weight is 206 g/mol. The fourth-order valence-corrected chi connectivity index (χ4v) is 2.57. The van der Waals surface area contributed by atoms with E-state index < -0.39 is 0 Å². The van der Waals surface area contributed by atoms with E-state index in [1.165, 1.54) is 16.0 Å². The van der Waals surface area contributed by atoms with Gasteiger partial charge in [0, 0.05) is 4.88 Å². The topological polar surface area (TPSA) is 0 Å². The first-order valence-electron chi connectivity index (χ1n) is 5.11. The lowest BCUT2D eigenvalue weighted by Gasteiger charge is -2.03. The van der Waals surface area contributed by atoms with Gasteiger partial charge < -0.3 is 0 Å². The average Bonchev–Trinajstić information content (AvgIpc) is 2.57. The maximum atomic E-state index is 3.89. The second-order valence-electron chi connectivity index (χ2n) is 3.64. The van der Waals surface area contributed by atoms with Gasteiger partial charge in [0.05, 0.1) is 0 Å². The molecule has 0 bridgehead atoms. The van der Waals surface area contributed by atoms with E-state index in [1.54, 1.807) is 0 Å². The van der Waals surface area contributed by atoms with Gasteiger partial charge in [0.25, 0.3) is 0 Å². The molecule has 0 aliphatic carbocycles. The lowest BCUT2D eigenvalue weighted by molar-refractivity contribution is 0.869. The Morgan fingerprint density at radius 3 is 2.71 bits per heavy atom. The van der Waals surface area contributed by atoms with Crippen LogP contribution < -0.4 is 0 Å². The van der Waals surface area contributed by atoms with Crippen LogP contribution in [0.25, 0.3) is 12.2 Å². The summed E-state index contributed by atoms with van der Waals surface area (Å²) in [5.41, 5.74) is 2.73. The van der Waals surface area contributed by atoms with Crippen molar-refractivity contribution in [2.75, 3.05) is 0 Å². The van der Waals surface area contributed by atoms with Crippen LogP contribution in [0.4, 0.5) is 0 Å².